The Kier molecular flexibility index (Phi) is 5.85. The van der Waals surface area contributed by atoms with Gasteiger partial charge in [-0.1, -0.05) is 0 Å². The van der Waals surface area contributed by atoms with Crippen LogP contribution < -0.4 is 11.2 Å². The van der Waals surface area contributed by atoms with Crippen molar-refractivity contribution < 1.29 is 22.4 Å². The SMILES string of the molecule is Cn1c(=O)c2c(ncn2CCCC(=O)N(Cc2ccco2)CC(F)(F)F)n(C)c1=O. The van der Waals surface area contributed by atoms with E-state index in [0.29, 0.717) is 4.90 Å². The largest absolute Gasteiger partial charge is 0.467 e. The number of carbonyl (C=O) groups is 1. The van der Waals surface area contributed by atoms with Crippen LogP contribution >= 0.6 is 0 Å². The Hall–Kier alpha value is -3.31. The minimum absolute atomic E-state index is 0.164. The number of amides is 1. The quantitative estimate of drug-likeness (QED) is 0.568. The molecule has 0 saturated heterocycles. The second-order valence-electron chi connectivity index (χ2n) is 6.86. The monoisotopic (exact) mass is 427 g/mol. The van der Waals surface area contributed by atoms with Gasteiger partial charge < -0.3 is 13.9 Å². The lowest BCUT2D eigenvalue weighted by Crippen LogP contribution is -2.38. The zero-order chi connectivity index (χ0) is 22.1. The van der Waals surface area contributed by atoms with Crippen LogP contribution in [0.5, 0.6) is 0 Å². The molecule has 3 rings (SSSR count). The summed E-state index contributed by atoms with van der Waals surface area (Å²) in [5.74, 6) is -0.439. The van der Waals surface area contributed by atoms with Crippen molar-refractivity contribution in [3.63, 3.8) is 0 Å². The second-order valence-corrected chi connectivity index (χ2v) is 6.86. The molecule has 1 amide bonds. The van der Waals surface area contributed by atoms with Gasteiger partial charge in [-0.2, -0.15) is 13.2 Å². The third-order valence-corrected chi connectivity index (χ3v) is 4.66. The molecule has 3 aromatic heterocycles. The van der Waals surface area contributed by atoms with E-state index in [9.17, 15) is 27.6 Å². The van der Waals surface area contributed by atoms with E-state index in [4.69, 9.17) is 4.42 Å². The molecule has 162 valence electrons. The molecule has 0 saturated carbocycles. The minimum Gasteiger partial charge on any atom is -0.467 e. The Bertz CT molecular complexity index is 1160. The molecule has 0 radical (unpaired) electrons. The van der Waals surface area contributed by atoms with Crippen molar-refractivity contribution >= 4 is 17.1 Å². The lowest BCUT2D eigenvalue weighted by Gasteiger charge is -2.23. The third-order valence-electron chi connectivity index (χ3n) is 4.66. The van der Waals surface area contributed by atoms with Crippen molar-refractivity contribution in [3.05, 3.63) is 51.3 Å². The molecule has 0 spiro atoms. The first-order chi connectivity index (χ1) is 14.1. The summed E-state index contributed by atoms with van der Waals surface area (Å²) in [6, 6.07) is 3.03. The van der Waals surface area contributed by atoms with Crippen molar-refractivity contribution in [3.8, 4) is 0 Å². The molecule has 0 atom stereocenters. The normalized spacial score (nSPS) is 11.9. The summed E-state index contributed by atoms with van der Waals surface area (Å²) in [6.07, 6.45) is -1.83. The molecule has 12 heteroatoms. The van der Waals surface area contributed by atoms with Crippen LogP contribution in [0.2, 0.25) is 0 Å². The zero-order valence-electron chi connectivity index (χ0n) is 16.3. The van der Waals surface area contributed by atoms with E-state index in [0.717, 1.165) is 4.57 Å². The van der Waals surface area contributed by atoms with Gasteiger partial charge in [-0.05, 0) is 18.6 Å². The van der Waals surface area contributed by atoms with Crippen LogP contribution in [0.4, 0.5) is 13.2 Å². The lowest BCUT2D eigenvalue weighted by molar-refractivity contribution is -0.162. The highest BCUT2D eigenvalue weighted by atomic mass is 19.4. The Balaban J connectivity index is 1.72. The highest BCUT2D eigenvalue weighted by Gasteiger charge is 2.33. The van der Waals surface area contributed by atoms with Crippen molar-refractivity contribution in [1.29, 1.82) is 0 Å². The number of hydrogen-bond donors (Lipinski definition) is 0. The average molecular weight is 427 g/mol. The van der Waals surface area contributed by atoms with E-state index in [1.807, 2.05) is 0 Å². The standard InChI is InChI=1S/C18H20F3N5O4/c1-23-15-14(16(28)24(2)17(23)29)25(11-22-15)7-3-6-13(27)26(10-18(19,20)21)9-12-5-4-8-30-12/h4-5,8,11H,3,6-7,9-10H2,1-2H3. The topological polar surface area (TPSA) is 95.3 Å². The van der Waals surface area contributed by atoms with E-state index >= 15 is 0 Å². The molecule has 0 fully saturated rings. The fraction of sp³-hybridized carbons (Fsp3) is 0.444. The predicted molar refractivity (Wildman–Crippen MR) is 99.6 cm³/mol. The van der Waals surface area contributed by atoms with Crippen LogP contribution in [0.25, 0.3) is 11.2 Å². The number of aromatic nitrogens is 4. The van der Waals surface area contributed by atoms with Crippen LogP contribution in [0.15, 0.2) is 38.7 Å². The van der Waals surface area contributed by atoms with Crippen molar-refractivity contribution in [2.45, 2.75) is 32.1 Å². The number of nitrogens with zero attached hydrogens (tertiary/aromatic N) is 5. The van der Waals surface area contributed by atoms with Crippen molar-refractivity contribution in [2.75, 3.05) is 6.54 Å². The third kappa shape index (κ3) is 4.47. The number of imidazole rings is 1. The van der Waals surface area contributed by atoms with Gasteiger partial charge in [-0.15, -0.1) is 0 Å². The molecule has 0 aliphatic carbocycles. The first-order valence-electron chi connectivity index (χ1n) is 9.06. The van der Waals surface area contributed by atoms with Crippen molar-refractivity contribution in [1.82, 2.24) is 23.6 Å². The van der Waals surface area contributed by atoms with Crippen LogP contribution in [0.1, 0.15) is 18.6 Å². The number of aryl methyl sites for hydroxylation is 2. The predicted octanol–water partition coefficient (Wildman–Crippen LogP) is 1.40. The molecule has 3 heterocycles. The van der Waals surface area contributed by atoms with Gasteiger partial charge in [-0.3, -0.25) is 18.7 Å². The van der Waals surface area contributed by atoms with E-state index in [2.05, 4.69) is 4.98 Å². The van der Waals surface area contributed by atoms with E-state index in [1.54, 1.807) is 0 Å². The maximum atomic E-state index is 12.9. The first-order valence-corrected chi connectivity index (χ1v) is 9.06. The van der Waals surface area contributed by atoms with Crippen LogP contribution in [-0.4, -0.2) is 42.2 Å². The maximum absolute atomic E-state index is 12.9. The van der Waals surface area contributed by atoms with Gasteiger partial charge in [0.05, 0.1) is 19.1 Å². The summed E-state index contributed by atoms with van der Waals surface area (Å²) < 4.78 is 47.3. The molecule has 0 unspecified atom stereocenters. The highest BCUT2D eigenvalue weighted by molar-refractivity contribution is 5.76. The number of hydrogen-bond acceptors (Lipinski definition) is 5. The smallest absolute Gasteiger partial charge is 0.406 e. The van der Waals surface area contributed by atoms with E-state index < -0.39 is 29.9 Å². The second kappa shape index (κ2) is 8.20. The van der Waals surface area contributed by atoms with Gasteiger partial charge in [0.1, 0.15) is 12.3 Å². The van der Waals surface area contributed by atoms with E-state index in [-0.39, 0.29) is 42.9 Å². The van der Waals surface area contributed by atoms with Gasteiger partial charge in [0.25, 0.3) is 5.56 Å². The number of alkyl halides is 3. The van der Waals surface area contributed by atoms with Crippen LogP contribution in [0.3, 0.4) is 0 Å². The van der Waals surface area contributed by atoms with Gasteiger partial charge in [0, 0.05) is 27.1 Å². The molecular formula is C18H20F3N5O4. The number of furan rings is 1. The molecule has 0 aromatic carbocycles. The lowest BCUT2D eigenvalue weighted by atomic mass is 10.2. The van der Waals surface area contributed by atoms with Gasteiger partial charge >= 0.3 is 11.9 Å². The Morgan fingerprint density at radius 3 is 2.60 bits per heavy atom. The summed E-state index contributed by atoms with van der Waals surface area (Å²) in [5.41, 5.74) is -0.664. The van der Waals surface area contributed by atoms with Crippen LogP contribution in [0, 0.1) is 0 Å². The molecular weight excluding hydrogens is 407 g/mol. The summed E-state index contributed by atoms with van der Waals surface area (Å²) >= 11 is 0. The Labute approximate surface area is 167 Å². The average Bonchev–Trinajstić information content (AvgIpc) is 3.33. The molecule has 0 N–H and O–H groups in total. The fourth-order valence-electron chi connectivity index (χ4n) is 3.16. The number of rotatable bonds is 7. The van der Waals surface area contributed by atoms with Gasteiger partial charge in [-0.25, -0.2) is 9.78 Å². The zero-order valence-corrected chi connectivity index (χ0v) is 16.3. The minimum atomic E-state index is -4.54. The van der Waals surface area contributed by atoms with Crippen molar-refractivity contribution in [2.24, 2.45) is 14.1 Å². The summed E-state index contributed by atoms with van der Waals surface area (Å²) in [6.45, 7) is -1.50. The summed E-state index contributed by atoms with van der Waals surface area (Å²) in [5, 5.41) is 0. The summed E-state index contributed by atoms with van der Waals surface area (Å²) in [7, 11) is 2.82. The van der Waals surface area contributed by atoms with Gasteiger partial charge in [0.2, 0.25) is 5.91 Å². The molecule has 0 bridgehead atoms. The Morgan fingerprint density at radius 1 is 1.23 bits per heavy atom. The molecule has 30 heavy (non-hydrogen) atoms. The number of halogens is 3. The van der Waals surface area contributed by atoms with Gasteiger partial charge in [0.15, 0.2) is 11.2 Å². The number of fused-ring (bicyclic) bond motifs is 1. The molecule has 0 aliphatic rings. The van der Waals surface area contributed by atoms with Crippen LogP contribution in [-0.2, 0) is 32.0 Å². The molecule has 0 aliphatic heterocycles. The molecule has 3 aromatic rings. The Morgan fingerprint density at radius 2 is 1.97 bits per heavy atom. The number of carbonyl (C=O) groups excluding carboxylic acids is 1. The molecule has 9 nitrogen and oxygen atoms in total. The maximum Gasteiger partial charge on any atom is 0.406 e. The summed E-state index contributed by atoms with van der Waals surface area (Å²) in [4.78, 5) is 41.5. The van der Waals surface area contributed by atoms with E-state index in [1.165, 1.54) is 48.0 Å². The fourth-order valence-corrected chi connectivity index (χ4v) is 3.16. The first kappa shape index (κ1) is 21.4. The highest BCUT2D eigenvalue weighted by Crippen LogP contribution is 2.19.